The zero-order chi connectivity index (χ0) is 14.8. The second-order valence-corrected chi connectivity index (χ2v) is 4.59. The fourth-order valence-electron chi connectivity index (χ4n) is 2.30. The first-order valence-electron chi connectivity index (χ1n) is 6.36. The van der Waals surface area contributed by atoms with Crippen LogP contribution >= 0.6 is 0 Å². The summed E-state index contributed by atoms with van der Waals surface area (Å²) in [5, 5.41) is 18.0. The van der Waals surface area contributed by atoms with Crippen LogP contribution in [0.5, 0.6) is 0 Å². The first-order chi connectivity index (χ1) is 10.2. The Balaban J connectivity index is 2.16. The van der Waals surface area contributed by atoms with Gasteiger partial charge in [-0.15, -0.1) is 0 Å². The number of para-hydroxylation sites is 1. The zero-order valence-corrected chi connectivity index (χ0v) is 11.0. The molecule has 0 spiro atoms. The molecule has 0 saturated carbocycles. The summed E-state index contributed by atoms with van der Waals surface area (Å²) in [5.74, 6) is -0.983. The van der Waals surface area contributed by atoms with E-state index in [1.165, 1.54) is 0 Å². The van der Waals surface area contributed by atoms with Crippen LogP contribution in [0.15, 0.2) is 48.8 Å². The average Bonchev–Trinajstić information content (AvgIpc) is 2.92. The Kier molecular flexibility index (Phi) is 3.13. The number of aromatic carboxylic acids is 1. The van der Waals surface area contributed by atoms with Gasteiger partial charge < -0.3 is 5.11 Å². The van der Waals surface area contributed by atoms with E-state index in [-0.39, 0.29) is 5.56 Å². The number of carboxylic acids is 1. The van der Waals surface area contributed by atoms with Crippen molar-refractivity contribution in [3.63, 3.8) is 0 Å². The molecule has 3 rings (SSSR count). The smallest absolute Gasteiger partial charge is 0.337 e. The van der Waals surface area contributed by atoms with Crippen LogP contribution in [-0.2, 0) is 6.42 Å². The Labute approximate surface area is 120 Å². The average molecular weight is 277 g/mol. The molecule has 0 unspecified atom stereocenters. The van der Waals surface area contributed by atoms with Crippen LogP contribution in [0.2, 0.25) is 0 Å². The van der Waals surface area contributed by atoms with Gasteiger partial charge in [0.2, 0.25) is 0 Å². The highest BCUT2D eigenvalue weighted by Crippen LogP contribution is 2.22. The van der Waals surface area contributed by atoms with E-state index >= 15 is 0 Å². The molecule has 0 saturated heterocycles. The molecule has 3 aromatic rings. The number of hydrogen-bond donors (Lipinski definition) is 1. The summed E-state index contributed by atoms with van der Waals surface area (Å²) in [5.41, 5.74) is 3.15. The van der Waals surface area contributed by atoms with Crippen molar-refractivity contribution in [2.45, 2.75) is 6.42 Å². The molecule has 102 valence electrons. The fraction of sp³-hybridized carbons (Fsp3) is 0.0625. The van der Waals surface area contributed by atoms with E-state index in [1.54, 1.807) is 29.1 Å². The van der Waals surface area contributed by atoms with Crippen molar-refractivity contribution in [3.05, 3.63) is 59.9 Å². The van der Waals surface area contributed by atoms with Crippen molar-refractivity contribution in [1.29, 1.82) is 5.26 Å². The van der Waals surface area contributed by atoms with Gasteiger partial charge in [0.1, 0.15) is 6.33 Å². The molecule has 1 heterocycles. The van der Waals surface area contributed by atoms with Gasteiger partial charge in [-0.25, -0.2) is 9.78 Å². The maximum atomic E-state index is 11.4. The van der Waals surface area contributed by atoms with Gasteiger partial charge in [0, 0.05) is 5.69 Å². The van der Waals surface area contributed by atoms with E-state index in [0.29, 0.717) is 17.5 Å². The summed E-state index contributed by atoms with van der Waals surface area (Å²) in [7, 11) is 0. The number of nitrogens with zero attached hydrogens (tertiary/aromatic N) is 3. The Morgan fingerprint density at radius 3 is 2.67 bits per heavy atom. The molecule has 0 atom stereocenters. The van der Waals surface area contributed by atoms with Crippen LogP contribution in [0.1, 0.15) is 15.9 Å². The first kappa shape index (κ1) is 12.9. The van der Waals surface area contributed by atoms with Gasteiger partial charge in [-0.05, 0) is 29.8 Å². The Hall–Kier alpha value is -3.13. The Morgan fingerprint density at radius 2 is 2.00 bits per heavy atom. The first-order valence-corrected chi connectivity index (χ1v) is 6.36. The molecule has 5 nitrogen and oxygen atoms in total. The van der Waals surface area contributed by atoms with Crippen molar-refractivity contribution in [1.82, 2.24) is 9.55 Å². The molecule has 1 aromatic heterocycles. The van der Waals surface area contributed by atoms with E-state index in [2.05, 4.69) is 11.1 Å². The fourth-order valence-corrected chi connectivity index (χ4v) is 2.30. The van der Waals surface area contributed by atoms with Gasteiger partial charge in [-0.1, -0.05) is 18.2 Å². The van der Waals surface area contributed by atoms with Crippen LogP contribution in [0.4, 0.5) is 0 Å². The molecule has 0 bridgehead atoms. The lowest BCUT2D eigenvalue weighted by Gasteiger charge is -2.07. The van der Waals surface area contributed by atoms with Crippen molar-refractivity contribution in [2.24, 2.45) is 0 Å². The standard InChI is InChI=1S/C16H11N3O2/c17-9-8-11-4-6-12(7-5-11)19-10-18-14-3-1-2-13(15(14)19)16(20)21/h1-7,10H,8H2,(H,20,21). The van der Waals surface area contributed by atoms with Crippen molar-refractivity contribution < 1.29 is 9.90 Å². The van der Waals surface area contributed by atoms with Gasteiger partial charge in [0.05, 0.1) is 29.1 Å². The van der Waals surface area contributed by atoms with Crippen LogP contribution in [-0.4, -0.2) is 20.6 Å². The maximum absolute atomic E-state index is 11.4. The molecular formula is C16H11N3O2. The molecule has 0 aliphatic heterocycles. The van der Waals surface area contributed by atoms with E-state index in [1.807, 2.05) is 24.3 Å². The van der Waals surface area contributed by atoms with Crippen LogP contribution in [0.3, 0.4) is 0 Å². The predicted octanol–water partition coefficient (Wildman–Crippen LogP) is 2.79. The number of carboxylic acid groups (broad SMARTS) is 1. The molecule has 2 aromatic carbocycles. The zero-order valence-electron chi connectivity index (χ0n) is 11.0. The Bertz CT molecular complexity index is 857. The summed E-state index contributed by atoms with van der Waals surface area (Å²) in [6, 6.07) is 14.5. The molecule has 1 N–H and O–H groups in total. The minimum atomic E-state index is -0.983. The van der Waals surface area contributed by atoms with E-state index in [0.717, 1.165) is 11.3 Å². The predicted molar refractivity (Wildman–Crippen MR) is 77.3 cm³/mol. The summed E-state index contributed by atoms with van der Waals surface area (Å²) in [4.78, 5) is 15.6. The minimum Gasteiger partial charge on any atom is -0.478 e. The third-order valence-corrected chi connectivity index (χ3v) is 3.30. The summed E-state index contributed by atoms with van der Waals surface area (Å²) in [6.07, 6.45) is 1.96. The second-order valence-electron chi connectivity index (χ2n) is 4.59. The van der Waals surface area contributed by atoms with Gasteiger partial charge in [0.15, 0.2) is 0 Å². The molecule has 0 fully saturated rings. The topological polar surface area (TPSA) is 78.9 Å². The third-order valence-electron chi connectivity index (χ3n) is 3.30. The number of benzene rings is 2. The highest BCUT2D eigenvalue weighted by Gasteiger charge is 2.14. The number of nitriles is 1. The SMILES string of the molecule is N#CCc1ccc(-n2cnc3cccc(C(=O)O)c32)cc1. The number of hydrogen-bond acceptors (Lipinski definition) is 3. The highest BCUT2D eigenvalue weighted by atomic mass is 16.4. The number of aromatic nitrogens is 2. The van der Waals surface area contributed by atoms with E-state index < -0.39 is 5.97 Å². The molecule has 0 radical (unpaired) electrons. The van der Waals surface area contributed by atoms with Crippen molar-refractivity contribution >= 4 is 17.0 Å². The largest absolute Gasteiger partial charge is 0.478 e. The summed E-state index contributed by atoms with van der Waals surface area (Å²) in [6.45, 7) is 0. The lowest BCUT2D eigenvalue weighted by atomic mass is 10.1. The molecule has 0 amide bonds. The molecule has 0 aliphatic carbocycles. The van der Waals surface area contributed by atoms with Crippen LogP contribution < -0.4 is 0 Å². The van der Waals surface area contributed by atoms with Gasteiger partial charge >= 0.3 is 5.97 Å². The normalized spacial score (nSPS) is 10.4. The number of carbonyl (C=O) groups is 1. The maximum Gasteiger partial charge on any atom is 0.337 e. The highest BCUT2D eigenvalue weighted by molar-refractivity contribution is 6.01. The molecular weight excluding hydrogens is 266 g/mol. The second kappa shape index (κ2) is 5.10. The summed E-state index contributed by atoms with van der Waals surface area (Å²) >= 11 is 0. The van der Waals surface area contributed by atoms with Crippen molar-refractivity contribution in [2.75, 3.05) is 0 Å². The number of fused-ring (bicyclic) bond motifs is 1. The Morgan fingerprint density at radius 1 is 1.24 bits per heavy atom. The lowest BCUT2D eigenvalue weighted by molar-refractivity contribution is 0.0698. The molecule has 5 heteroatoms. The van der Waals surface area contributed by atoms with E-state index in [9.17, 15) is 9.90 Å². The lowest BCUT2D eigenvalue weighted by Crippen LogP contribution is -2.01. The van der Waals surface area contributed by atoms with Crippen LogP contribution in [0, 0.1) is 11.3 Å². The van der Waals surface area contributed by atoms with Crippen molar-refractivity contribution in [3.8, 4) is 11.8 Å². The quantitative estimate of drug-likeness (QED) is 0.798. The third kappa shape index (κ3) is 2.23. The van der Waals surface area contributed by atoms with Gasteiger partial charge in [-0.3, -0.25) is 4.57 Å². The van der Waals surface area contributed by atoms with Crippen LogP contribution in [0.25, 0.3) is 16.7 Å². The number of imidazole rings is 1. The molecule has 21 heavy (non-hydrogen) atoms. The minimum absolute atomic E-state index is 0.214. The molecule has 0 aliphatic rings. The summed E-state index contributed by atoms with van der Waals surface area (Å²) < 4.78 is 1.74. The van der Waals surface area contributed by atoms with E-state index in [4.69, 9.17) is 5.26 Å². The number of rotatable bonds is 3. The van der Waals surface area contributed by atoms with Gasteiger partial charge in [-0.2, -0.15) is 5.26 Å². The monoisotopic (exact) mass is 277 g/mol. The van der Waals surface area contributed by atoms with Gasteiger partial charge in [0.25, 0.3) is 0 Å².